The van der Waals surface area contributed by atoms with Gasteiger partial charge < -0.3 is 28.4 Å². The molecule has 80 heavy (non-hydrogen) atoms. The van der Waals surface area contributed by atoms with E-state index in [1.54, 1.807) is 0 Å². The molecule has 2 aromatic heterocycles. The van der Waals surface area contributed by atoms with E-state index >= 15 is 0 Å². The van der Waals surface area contributed by atoms with Gasteiger partial charge in [0.1, 0.15) is 22.3 Å². The highest BCUT2D eigenvalue weighted by atomic mass is 35.5. The van der Waals surface area contributed by atoms with Gasteiger partial charge in [0, 0.05) is 78.4 Å². The minimum absolute atomic E-state index is 0.147. The number of halogens is 1. The lowest BCUT2D eigenvalue weighted by molar-refractivity contribution is 0.668. The summed E-state index contributed by atoms with van der Waals surface area (Å²) in [5.41, 5.74) is 20.6. The third kappa shape index (κ3) is 7.89. The molecule has 0 aliphatic carbocycles. The fourth-order valence-electron chi connectivity index (χ4n) is 12.1. The molecule has 0 bridgehead atoms. The molecule has 0 atom stereocenters. The number of rotatable bonds is 8. The van der Waals surface area contributed by atoms with Gasteiger partial charge in [-0.15, -0.1) is 0 Å². The van der Waals surface area contributed by atoms with Crippen LogP contribution in [0.15, 0.2) is 300 Å². The topological polar surface area (TPSA) is 39.2 Å². The molecule has 14 aromatic rings. The smallest absolute Gasteiger partial charge is 0.252 e. The fraction of sp³-hybridized carbons (Fsp3) is 0. The maximum absolute atomic E-state index is 7.39. The molecule has 0 radical (unpaired) electrons. The van der Waals surface area contributed by atoms with Crippen LogP contribution in [0.4, 0.5) is 68.2 Å². The molecular formula is C72H48BClN4O2. The number of benzene rings is 12. The lowest BCUT2D eigenvalue weighted by Gasteiger charge is -2.44. The maximum atomic E-state index is 7.39. The Labute approximate surface area is 468 Å². The van der Waals surface area contributed by atoms with Gasteiger partial charge >= 0.3 is 0 Å². The van der Waals surface area contributed by atoms with Crippen molar-refractivity contribution in [2.45, 2.75) is 0 Å². The van der Waals surface area contributed by atoms with Crippen molar-refractivity contribution in [3.05, 3.63) is 296 Å². The molecule has 0 spiro atoms. The summed E-state index contributed by atoms with van der Waals surface area (Å²) in [4.78, 5) is 9.26. The molecule has 0 saturated heterocycles. The van der Waals surface area contributed by atoms with Crippen LogP contribution in [0, 0.1) is 0 Å². The normalized spacial score (nSPS) is 12.2. The van der Waals surface area contributed by atoms with Crippen molar-refractivity contribution >= 4 is 147 Å². The van der Waals surface area contributed by atoms with Crippen LogP contribution in [0.1, 0.15) is 0 Å². The van der Waals surface area contributed by atoms with Gasteiger partial charge in [0.25, 0.3) is 6.71 Å². The molecule has 6 nitrogen and oxygen atoms in total. The van der Waals surface area contributed by atoms with Gasteiger partial charge in [-0.2, -0.15) is 0 Å². The lowest BCUT2D eigenvalue weighted by Crippen LogP contribution is -2.61. The second-order valence-electron chi connectivity index (χ2n) is 20.1. The predicted octanol–water partition coefficient (Wildman–Crippen LogP) is 18.8. The Morgan fingerprint density at radius 2 is 0.700 bits per heavy atom. The average molecular weight is 1050 g/mol. The highest BCUT2D eigenvalue weighted by Gasteiger charge is 2.43. The van der Waals surface area contributed by atoms with Gasteiger partial charge in [-0.3, -0.25) is 0 Å². The standard InChI is InChI=1S/C36H23BN2O.C36H25ClN2O/c1-2-11-24(12-3-1)38-30-16-7-5-14-28(30)37-29-15-6-8-17-31(29)39(33-19-10-18-32(38)36(33)37)25-21-22-35-27(23-25)26-13-4-9-20-34(26)40-35;37-36-32(38(26-13-4-1-5-14-26)27-15-6-2-7-16-27)20-12-21-33(36)39(28-17-8-3-9-18-28)29-23-24-35-31(25-29)30-19-10-11-22-34(30)40-35/h1-23H;1-25H. The zero-order valence-corrected chi connectivity index (χ0v) is 44.0. The first kappa shape index (κ1) is 47.0. The Morgan fingerprint density at radius 1 is 0.300 bits per heavy atom. The molecule has 378 valence electrons. The lowest BCUT2D eigenvalue weighted by atomic mass is 9.33. The van der Waals surface area contributed by atoms with Crippen LogP contribution in [0.25, 0.3) is 43.9 Å². The summed E-state index contributed by atoms with van der Waals surface area (Å²) in [5, 5.41) is 5.08. The van der Waals surface area contributed by atoms with E-state index in [4.69, 9.17) is 20.4 Å². The van der Waals surface area contributed by atoms with Crippen LogP contribution in [-0.4, -0.2) is 6.71 Å². The van der Waals surface area contributed by atoms with Crippen LogP contribution in [0.3, 0.4) is 0 Å². The number of hydrogen-bond acceptors (Lipinski definition) is 6. The molecule has 0 N–H and O–H groups in total. The van der Waals surface area contributed by atoms with Crippen molar-refractivity contribution in [2.75, 3.05) is 19.6 Å². The summed E-state index contributed by atoms with van der Waals surface area (Å²) >= 11 is 7.39. The SMILES string of the molecule is Clc1c(N(c2ccccc2)c2ccccc2)cccc1N(c1ccccc1)c1ccc2oc3ccccc3c2c1.c1ccc(N2c3ccccc3B3c4ccccc4N(c4ccc5oc6ccccc6c5c4)c4cccc2c43)cc1. The Hall–Kier alpha value is -10.2. The van der Waals surface area contributed by atoms with E-state index < -0.39 is 0 Å². The van der Waals surface area contributed by atoms with Crippen LogP contribution >= 0.6 is 11.6 Å². The summed E-state index contributed by atoms with van der Waals surface area (Å²) in [5.74, 6) is 0. The zero-order chi connectivity index (χ0) is 53.1. The molecule has 0 unspecified atom stereocenters. The first-order chi connectivity index (χ1) is 39.6. The van der Waals surface area contributed by atoms with Gasteiger partial charge in [-0.25, -0.2) is 0 Å². The van der Waals surface area contributed by atoms with E-state index in [9.17, 15) is 0 Å². The number of anilines is 12. The van der Waals surface area contributed by atoms with Crippen LogP contribution in [0.5, 0.6) is 0 Å². The summed E-state index contributed by atoms with van der Waals surface area (Å²) in [6.07, 6.45) is 0. The van der Waals surface area contributed by atoms with Crippen molar-refractivity contribution in [3.8, 4) is 0 Å². The zero-order valence-electron chi connectivity index (χ0n) is 43.3. The molecule has 0 saturated carbocycles. The molecule has 0 fully saturated rings. The Balaban J connectivity index is 0.000000138. The highest BCUT2D eigenvalue weighted by Crippen LogP contribution is 2.48. The minimum atomic E-state index is 0.147. The van der Waals surface area contributed by atoms with E-state index in [1.165, 1.54) is 44.8 Å². The van der Waals surface area contributed by atoms with Crippen molar-refractivity contribution in [1.82, 2.24) is 0 Å². The number of nitrogens with zero attached hydrogens (tertiary/aromatic N) is 4. The minimum Gasteiger partial charge on any atom is -0.456 e. The molecule has 0 amide bonds. The van der Waals surface area contributed by atoms with Crippen molar-refractivity contribution in [1.29, 1.82) is 0 Å². The monoisotopic (exact) mass is 1050 g/mol. The number of para-hydroxylation sites is 8. The Kier molecular flexibility index (Phi) is 11.6. The largest absolute Gasteiger partial charge is 0.456 e. The number of fused-ring (bicyclic) bond motifs is 10. The van der Waals surface area contributed by atoms with Crippen LogP contribution in [-0.2, 0) is 0 Å². The molecule has 8 heteroatoms. The van der Waals surface area contributed by atoms with Crippen molar-refractivity contribution < 1.29 is 8.83 Å². The molecule has 2 aliphatic rings. The quantitative estimate of drug-likeness (QED) is 0.141. The first-order valence-corrected chi connectivity index (χ1v) is 27.3. The van der Waals surface area contributed by atoms with Crippen molar-refractivity contribution in [2.24, 2.45) is 0 Å². The summed E-state index contributed by atoms with van der Waals surface area (Å²) in [6.45, 7) is 0.147. The van der Waals surface area contributed by atoms with E-state index in [0.29, 0.717) is 5.02 Å². The molecule has 12 aromatic carbocycles. The van der Waals surface area contributed by atoms with Gasteiger partial charge in [-0.1, -0.05) is 169 Å². The average Bonchev–Trinajstić information content (AvgIpc) is 4.23. The van der Waals surface area contributed by atoms with Gasteiger partial charge in [-0.05, 0) is 150 Å². The third-order valence-electron chi connectivity index (χ3n) is 15.5. The van der Waals surface area contributed by atoms with Crippen LogP contribution in [0.2, 0.25) is 5.02 Å². The molecule has 4 heterocycles. The first-order valence-electron chi connectivity index (χ1n) is 27.0. The molecule has 16 rings (SSSR count). The van der Waals surface area contributed by atoms with E-state index in [1.807, 2.05) is 91.0 Å². The van der Waals surface area contributed by atoms with E-state index in [0.717, 1.165) is 83.7 Å². The van der Waals surface area contributed by atoms with Gasteiger partial charge in [0.2, 0.25) is 0 Å². The number of furan rings is 2. The second kappa shape index (κ2) is 19.7. The van der Waals surface area contributed by atoms with E-state index in [-0.39, 0.29) is 6.71 Å². The summed E-state index contributed by atoms with van der Waals surface area (Å²) < 4.78 is 12.3. The van der Waals surface area contributed by atoms with Crippen LogP contribution < -0.4 is 36.0 Å². The third-order valence-corrected chi connectivity index (χ3v) is 15.9. The van der Waals surface area contributed by atoms with Gasteiger partial charge in [0.15, 0.2) is 0 Å². The van der Waals surface area contributed by atoms with E-state index in [2.05, 4.69) is 220 Å². The second-order valence-corrected chi connectivity index (χ2v) is 20.5. The maximum Gasteiger partial charge on any atom is 0.252 e. The Morgan fingerprint density at radius 3 is 1.25 bits per heavy atom. The fourth-order valence-corrected chi connectivity index (χ4v) is 12.4. The number of hydrogen-bond donors (Lipinski definition) is 0. The van der Waals surface area contributed by atoms with Crippen molar-refractivity contribution in [3.63, 3.8) is 0 Å². The Bertz CT molecular complexity index is 4570. The summed E-state index contributed by atoms with van der Waals surface area (Å²) in [7, 11) is 0. The van der Waals surface area contributed by atoms with Gasteiger partial charge in [0.05, 0.1) is 16.4 Å². The predicted molar refractivity (Wildman–Crippen MR) is 336 cm³/mol. The highest BCUT2D eigenvalue weighted by molar-refractivity contribution is 7.00. The molecule has 2 aliphatic heterocycles. The molecular weight excluding hydrogens is 999 g/mol. The summed E-state index contributed by atoms with van der Waals surface area (Å²) in [6, 6.07) is 102.